The molecule has 0 aliphatic rings. The van der Waals surface area contributed by atoms with Crippen molar-refractivity contribution in [3.05, 3.63) is 54.3 Å². The summed E-state index contributed by atoms with van der Waals surface area (Å²) in [6, 6.07) is 10.3. The summed E-state index contributed by atoms with van der Waals surface area (Å²) in [6.07, 6.45) is 1.23. The van der Waals surface area contributed by atoms with Crippen LogP contribution in [0, 0.1) is 5.82 Å². The smallest absolute Gasteiger partial charge is 0.412 e. The van der Waals surface area contributed by atoms with Gasteiger partial charge in [0.2, 0.25) is 15.9 Å². The quantitative estimate of drug-likeness (QED) is 0.478. The SMILES string of the molecule is CSCCC(NS(=O)(=O)c1ccccc1)C(=O)Nc1ccc(F)c(NC(=O)OC(C)(C)C)c1. The number of amides is 2. The van der Waals surface area contributed by atoms with E-state index in [-0.39, 0.29) is 22.7 Å². The standard InChI is InChI=1S/C22H28FN3O5S2/c1-22(2,3)31-21(28)25-19-14-15(10-11-17(19)23)24-20(27)18(12-13-32-4)26-33(29,30)16-8-6-5-7-9-16/h5-11,14,18,26H,12-13H2,1-4H3,(H,24,27)(H,25,28). The second kappa shape index (κ2) is 11.5. The third-order valence-electron chi connectivity index (χ3n) is 4.15. The topological polar surface area (TPSA) is 114 Å². The number of hydrogen-bond donors (Lipinski definition) is 3. The minimum Gasteiger partial charge on any atom is -0.444 e. The lowest BCUT2D eigenvalue weighted by molar-refractivity contribution is -0.117. The zero-order valence-corrected chi connectivity index (χ0v) is 20.5. The third-order valence-corrected chi connectivity index (χ3v) is 6.28. The molecular weight excluding hydrogens is 469 g/mol. The molecule has 0 aliphatic heterocycles. The summed E-state index contributed by atoms with van der Waals surface area (Å²) in [5.41, 5.74) is -0.777. The van der Waals surface area contributed by atoms with Crippen LogP contribution in [0.5, 0.6) is 0 Å². The van der Waals surface area contributed by atoms with Gasteiger partial charge in [0.1, 0.15) is 17.5 Å². The van der Waals surface area contributed by atoms with Crippen LogP contribution in [0.3, 0.4) is 0 Å². The van der Waals surface area contributed by atoms with Gasteiger partial charge < -0.3 is 10.1 Å². The minimum atomic E-state index is -3.93. The van der Waals surface area contributed by atoms with E-state index in [2.05, 4.69) is 15.4 Å². The van der Waals surface area contributed by atoms with Gasteiger partial charge in [-0.25, -0.2) is 17.6 Å². The van der Waals surface area contributed by atoms with Gasteiger partial charge in [-0.05, 0) is 69.5 Å². The first kappa shape index (κ1) is 26.6. The molecule has 1 unspecified atom stereocenters. The maximum atomic E-state index is 14.2. The zero-order chi connectivity index (χ0) is 24.6. The van der Waals surface area contributed by atoms with Gasteiger partial charge in [-0.2, -0.15) is 16.5 Å². The van der Waals surface area contributed by atoms with Crippen molar-refractivity contribution >= 4 is 45.2 Å². The van der Waals surface area contributed by atoms with Crippen LogP contribution >= 0.6 is 11.8 Å². The molecule has 11 heteroatoms. The van der Waals surface area contributed by atoms with Gasteiger partial charge in [0.15, 0.2) is 0 Å². The summed E-state index contributed by atoms with van der Waals surface area (Å²) >= 11 is 1.47. The molecule has 0 saturated carbocycles. The molecule has 3 N–H and O–H groups in total. The minimum absolute atomic E-state index is 0.0394. The number of carbonyl (C=O) groups is 2. The summed E-state index contributed by atoms with van der Waals surface area (Å²) < 4.78 is 47.1. The van der Waals surface area contributed by atoms with Crippen molar-refractivity contribution in [1.29, 1.82) is 0 Å². The Labute approximate surface area is 197 Å². The van der Waals surface area contributed by atoms with Gasteiger partial charge in [-0.1, -0.05) is 18.2 Å². The number of carbonyl (C=O) groups excluding carboxylic acids is 2. The van der Waals surface area contributed by atoms with Crippen LogP contribution in [0.2, 0.25) is 0 Å². The summed E-state index contributed by atoms with van der Waals surface area (Å²) in [5, 5.41) is 4.88. The molecule has 0 saturated heterocycles. The maximum absolute atomic E-state index is 14.2. The van der Waals surface area contributed by atoms with Crippen LogP contribution in [0.25, 0.3) is 0 Å². The number of sulfonamides is 1. The Bertz CT molecular complexity index is 1070. The molecule has 0 bridgehead atoms. The van der Waals surface area contributed by atoms with Crippen molar-refractivity contribution in [2.24, 2.45) is 0 Å². The molecule has 33 heavy (non-hydrogen) atoms. The van der Waals surface area contributed by atoms with Crippen LogP contribution in [0.15, 0.2) is 53.4 Å². The van der Waals surface area contributed by atoms with Crippen molar-refractivity contribution in [2.45, 2.75) is 43.7 Å². The predicted octanol–water partition coefficient (Wildman–Crippen LogP) is 4.21. The molecule has 2 rings (SSSR count). The fourth-order valence-electron chi connectivity index (χ4n) is 2.68. The van der Waals surface area contributed by atoms with E-state index in [4.69, 9.17) is 4.74 Å². The average molecular weight is 498 g/mol. The van der Waals surface area contributed by atoms with E-state index in [1.165, 1.54) is 36.0 Å². The molecule has 0 spiro atoms. The Hall–Kier alpha value is -2.63. The predicted molar refractivity (Wildman–Crippen MR) is 128 cm³/mol. The monoisotopic (exact) mass is 497 g/mol. The molecule has 0 aliphatic carbocycles. The van der Waals surface area contributed by atoms with Crippen LogP contribution < -0.4 is 15.4 Å². The molecule has 1 atom stereocenters. The molecule has 8 nitrogen and oxygen atoms in total. The number of anilines is 2. The second-order valence-electron chi connectivity index (χ2n) is 8.08. The number of hydrogen-bond acceptors (Lipinski definition) is 6. The van der Waals surface area contributed by atoms with Crippen LogP contribution in [-0.2, 0) is 19.6 Å². The van der Waals surface area contributed by atoms with E-state index in [1.54, 1.807) is 39.0 Å². The van der Waals surface area contributed by atoms with Gasteiger partial charge in [-0.3, -0.25) is 10.1 Å². The Morgan fingerprint density at radius 1 is 1.09 bits per heavy atom. The highest BCUT2D eigenvalue weighted by Crippen LogP contribution is 2.21. The highest BCUT2D eigenvalue weighted by atomic mass is 32.2. The Morgan fingerprint density at radius 2 is 1.76 bits per heavy atom. The number of thioether (sulfide) groups is 1. The Morgan fingerprint density at radius 3 is 2.36 bits per heavy atom. The number of nitrogens with one attached hydrogen (secondary N) is 3. The molecular formula is C22H28FN3O5S2. The summed E-state index contributed by atoms with van der Waals surface area (Å²) in [4.78, 5) is 24.9. The normalized spacial score (nSPS) is 12.6. The van der Waals surface area contributed by atoms with Crippen molar-refractivity contribution in [3.63, 3.8) is 0 Å². The Balaban J connectivity index is 2.17. The van der Waals surface area contributed by atoms with Gasteiger partial charge >= 0.3 is 6.09 Å². The first-order valence-corrected chi connectivity index (χ1v) is 13.0. The van der Waals surface area contributed by atoms with Crippen LogP contribution in [0.4, 0.5) is 20.6 Å². The molecule has 2 amide bonds. The number of ether oxygens (including phenoxy) is 1. The van der Waals surface area contributed by atoms with E-state index in [0.717, 1.165) is 6.07 Å². The van der Waals surface area contributed by atoms with E-state index in [9.17, 15) is 22.4 Å². The summed E-state index contributed by atoms with van der Waals surface area (Å²) in [7, 11) is -3.93. The maximum Gasteiger partial charge on any atom is 0.412 e. The molecule has 2 aromatic rings. The molecule has 180 valence electrons. The van der Waals surface area contributed by atoms with Gasteiger partial charge in [0, 0.05) is 5.69 Å². The van der Waals surface area contributed by atoms with E-state index in [0.29, 0.717) is 5.75 Å². The van der Waals surface area contributed by atoms with E-state index >= 15 is 0 Å². The fourth-order valence-corrected chi connectivity index (χ4v) is 4.40. The van der Waals surface area contributed by atoms with Crippen molar-refractivity contribution in [1.82, 2.24) is 4.72 Å². The highest BCUT2D eigenvalue weighted by Gasteiger charge is 2.26. The van der Waals surface area contributed by atoms with Crippen molar-refractivity contribution < 1.29 is 27.1 Å². The number of halogens is 1. The van der Waals surface area contributed by atoms with Gasteiger partial charge in [0.05, 0.1) is 10.6 Å². The lowest BCUT2D eigenvalue weighted by Crippen LogP contribution is -2.44. The third kappa shape index (κ3) is 8.67. The molecule has 0 radical (unpaired) electrons. The van der Waals surface area contributed by atoms with Gasteiger partial charge in [0.25, 0.3) is 0 Å². The second-order valence-corrected chi connectivity index (χ2v) is 10.8. The molecule has 0 heterocycles. The molecule has 0 fully saturated rings. The van der Waals surface area contributed by atoms with Crippen molar-refractivity contribution in [2.75, 3.05) is 22.6 Å². The lowest BCUT2D eigenvalue weighted by Gasteiger charge is -2.20. The summed E-state index contributed by atoms with van der Waals surface area (Å²) in [6.45, 7) is 5.01. The first-order valence-electron chi connectivity index (χ1n) is 10.1. The van der Waals surface area contributed by atoms with E-state index in [1.807, 2.05) is 6.26 Å². The van der Waals surface area contributed by atoms with Crippen LogP contribution in [0.1, 0.15) is 27.2 Å². The summed E-state index contributed by atoms with van der Waals surface area (Å²) in [5.74, 6) is -0.800. The Kier molecular flexibility index (Phi) is 9.26. The molecule has 2 aromatic carbocycles. The zero-order valence-electron chi connectivity index (χ0n) is 18.8. The van der Waals surface area contributed by atoms with Crippen LogP contribution in [-0.4, -0.2) is 44.1 Å². The first-order chi connectivity index (χ1) is 15.4. The van der Waals surface area contributed by atoms with Crippen molar-refractivity contribution in [3.8, 4) is 0 Å². The number of rotatable bonds is 9. The highest BCUT2D eigenvalue weighted by molar-refractivity contribution is 7.98. The van der Waals surface area contributed by atoms with E-state index < -0.39 is 39.5 Å². The van der Waals surface area contributed by atoms with Gasteiger partial charge in [-0.15, -0.1) is 0 Å². The average Bonchev–Trinajstić information content (AvgIpc) is 2.72. The number of benzene rings is 2. The lowest BCUT2D eigenvalue weighted by atomic mass is 10.2. The molecule has 0 aromatic heterocycles. The fraction of sp³-hybridized carbons (Fsp3) is 0.364. The largest absolute Gasteiger partial charge is 0.444 e.